The molecule has 0 aliphatic carbocycles. The number of sulfonamides is 1. The van der Waals surface area contributed by atoms with Crippen molar-refractivity contribution in [2.75, 3.05) is 0 Å². The van der Waals surface area contributed by atoms with Gasteiger partial charge in [-0.3, -0.25) is 0 Å². The van der Waals surface area contributed by atoms with Crippen molar-refractivity contribution >= 4 is 10.0 Å². The van der Waals surface area contributed by atoms with Crippen LogP contribution in [0.1, 0.15) is 22.6 Å². The maximum Gasteiger partial charge on any atom is 0.216 e. The molecular formula is C14H14N2O3S. The third kappa shape index (κ3) is 3.70. The van der Waals surface area contributed by atoms with Gasteiger partial charge in [-0.05, 0) is 30.7 Å². The first-order chi connectivity index (χ1) is 9.50. The summed E-state index contributed by atoms with van der Waals surface area (Å²) in [4.78, 5) is 0. The Morgan fingerprint density at radius 3 is 2.65 bits per heavy atom. The third-order valence-electron chi connectivity index (χ3n) is 2.75. The van der Waals surface area contributed by atoms with E-state index in [0.717, 1.165) is 5.76 Å². The molecule has 0 fully saturated rings. The van der Waals surface area contributed by atoms with E-state index < -0.39 is 10.0 Å². The molecule has 1 aromatic carbocycles. The van der Waals surface area contributed by atoms with Gasteiger partial charge in [0.15, 0.2) is 0 Å². The van der Waals surface area contributed by atoms with Crippen molar-refractivity contribution in [1.29, 1.82) is 5.26 Å². The van der Waals surface area contributed by atoms with Crippen LogP contribution in [0, 0.1) is 18.3 Å². The molecule has 0 unspecified atom stereocenters. The first-order valence-electron chi connectivity index (χ1n) is 6.01. The Bertz CT molecular complexity index is 742. The predicted octanol–water partition coefficient (Wildman–Crippen LogP) is 2.08. The van der Waals surface area contributed by atoms with E-state index in [2.05, 4.69) is 4.72 Å². The normalized spacial score (nSPS) is 11.2. The summed E-state index contributed by atoms with van der Waals surface area (Å²) in [6.07, 6.45) is 0. The summed E-state index contributed by atoms with van der Waals surface area (Å²) in [5.74, 6) is 1.06. The number of hydrogen-bond acceptors (Lipinski definition) is 4. The summed E-state index contributed by atoms with van der Waals surface area (Å²) in [6, 6.07) is 12.1. The monoisotopic (exact) mass is 290 g/mol. The maximum absolute atomic E-state index is 12.0. The number of nitrogens with one attached hydrogen (secondary N) is 1. The average Bonchev–Trinajstić information content (AvgIpc) is 2.83. The maximum atomic E-state index is 12.0. The summed E-state index contributed by atoms with van der Waals surface area (Å²) in [6.45, 7) is 1.89. The Morgan fingerprint density at radius 2 is 2.00 bits per heavy atom. The Balaban J connectivity index is 2.06. The molecule has 2 aromatic rings. The van der Waals surface area contributed by atoms with Crippen LogP contribution in [0.4, 0.5) is 0 Å². The zero-order valence-corrected chi connectivity index (χ0v) is 11.8. The fourth-order valence-corrected chi connectivity index (χ4v) is 2.90. The standard InChI is InChI=1S/C14H14N2O3S/c1-11-6-7-14(19-11)9-16-20(17,18)10-13-5-3-2-4-12(13)8-15/h2-7,16H,9-10H2,1H3. The first kappa shape index (κ1) is 14.3. The summed E-state index contributed by atoms with van der Waals surface area (Å²) < 4.78 is 31.7. The molecule has 0 aliphatic heterocycles. The molecule has 0 saturated heterocycles. The van der Waals surface area contributed by atoms with Crippen LogP contribution in [0.25, 0.3) is 0 Å². The molecule has 1 N–H and O–H groups in total. The molecule has 0 amide bonds. The topological polar surface area (TPSA) is 83.1 Å². The van der Waals surface area contributed by atoms with Gasteiger partial charge in [-0.2, -0.15) is 5.26 Å². The van der Waals surface area contributed by atoms with Crippen LogP contribution in [0.2, 0.25) is 0 Å². The molecule has 20 heavy (non-hydrogen) atoms. The number of benzene rings is 1. The quantitative estimate of drug-likeness (QED) is 0.913. The summed E-state index contributed by atoms with van der Waals surface area (Å²) in [5.41, 5.74) is 0.852. The number of furan rings is 1. The van der Waals surface area contributed by atoms with Gasteiger partial charge in [0.05, 0.1) is 23.9 Å². The van der Waals surface area contributed by atoms with E-state index in [1.54, 1.807) is 43.3 Å². The Morgan fingerprint density at radius 1 is 1.25 bits per heavy atom. The minimum atomic E-state index is -3.52. The predicted molar refractivity (Wildman–Crippen MR) is 74.1 cm³/mol. The van der Waals surface area contributed by atoms with E-state index >= 15 is 0 Å². The lowest BCUT2D eigenvalue weighted by Gasteiger charge is -2.06. The Kier molecular flexibility index (Phi) is 4.23. The van der Waals surface area contributed by atoms with Gasteiger partial charge in [0.2, 0.25) is 10.0 Å². The highest BCUT2D eigenvalue weighted by molar-refractivity contribution is 7.88. The summed E-state index contributed by atoms with van der Waals surface area (Å²) in [5, 5.41) is 8.95. The lowest BCUT2D eigenvalue weighted by Crippen LogP contribution is -2.24. The van der Waals surface area contributed by atoms with Gasteiger partial charge in [-0.15, -0.1) is 0 Å². The minimum Gasteiger partial charge on any atom is -0.465 e. The van der Waals surface area contributed by atoms with Crippen molar-refractivity contribution in [1.82, 2.24) is 4.72 Å². The first-order valence-corrected chi connectivity index (χ1v) is 7.66. The Labute approximate surface area is 117 Å². The van der Waals surface area contributed by atoms with Gasteiger partial charge >= 0.3 is 0 Å². The molecule has 0 bridgehead atoms. The van der Waals surface area contributed by atoms with E-state index in [-0.39, 0.29) is 12.3 Å². The van der Waals surface area contributed by atoms with Crippen molar-refractivity contribution in [3.8, 4) is 6.07 Å². The number of nitrogens with zero attached hydrogens (tertiary/aromatic N) is 1. The van der Waals surface area contributed by atoms with Crippen LogP contribution in [0.15, 0.2) is 40.8 Å². The van der Waals surface area contributed by atoms with Gasteiger partial charge < -0.3 is 4.42 Å². The van der Waals surface area contributed by atoms with E-state index in [4.69, 9.17) is 9.68 Å². The van der Waals surface area contributed by atoms with Crippen LogP contribution in [0.3, 0.4) is 0 Å². The SMILES string of the molecule is Cc1ccc(CNS(=O)(=O)Cc2ccccc2C#N)o1. The summed E-state index contributed by atoms with van der Waals surface area (Å²) in [7, 11) is -3.52. The molecule has 0 aliphatic rings. The number of rotatable bonds is 5. The smallest absolute Gasteiger partial charge is 0.216 e. The molecule has 104 valence electrons. The van der Waals surface area contributed by atoms with Crippen molar-refractivity contribution < 1.29 is 12.8 Å². The van der Waals surface area contributed by atoms with E-state index in [1.165, 1.54) is 0 Å². The highest BCUT2D eigenvalue weighted by atomic mass is 32.2. The molecular weight excluding hydrogens is 276 g/mol. The van der Waals surface area contributed by atoms with Crippen LogP contribution in [0.5, 0.6) is 0 Å². The largest absolute Gasteiger partial charge is 0.465 e. The van der Waals surface area contributed by atoms with Crippen LogP contribution in [-0.4, -0.2) is 8.42 Å². The van der Waals surface area contributed by atoms with Crippen LogP contribution >= 0.6 is 0 Å². The number of hydrogen-bond donors (Lipinski definition) is 1. The average molecular weight is 290 g/mol. The van der Waals surface area contributed by atoms with Crippen LogP contribution in [-0.2, 0) is 22.3 Å². The number of aryl methyl sites for hydroxylation is 1. The van der Waals surface area contributed by atoms with Crippen molar-refractivity contribution in [2.45, 2.75) is 19.2 Å². The van der Waals surface area contributed by atoms with Gasteiger partial charge in [-0.25, -0.2) is 13.1 Å². The number of nitriles is 1. The zero-order valence-electron chi connectivity index (χ0n) is 11.0. The molecule has 0 saturated carbocycles. The molecule has 0 radical (unpaired) electrons. The van der Waals surface area contributed by atoms with Crippen LogP contribution < -0.4 is 4.72 Å². The van der Waals surface area contributed by atoms with E-state index in [1.807, 2.05) is 6.07 Å². The Hall–Kier alpha value is -2.10. The summed E-state index contributed by atoms with van der Waals surface area (Å²) >= 11 is 0. The molecule has 6 heteroatoms. The van der Waals surface area contributed by atoms with Crippen molar-refractivity contribution in [2.24, 2.45) is 0 Å². The molecule has 1 aromatic heterocycles. The third-order valence-corrected chi connectivity index (χ3v) is 4.02. The minimum absolute atomic E-state index is 0.102. The lowest BCUT2D eigenvalue weighted by atomic mass is 10.1. The fourth-order valence-electron chi connectivity index (χ4n) is 1.77. The second-order valence-corrected chi connectivity index (χ2v) is 6.17. The fraction of sp³-hybridized carbons (Fsp3) is 0.214. The zero-order chi connectivity index (χ0) is 14.6. The molecule has 0 spiro atoms. The van der Waals surface area contributed by atoms with Crippen molar-refractivity contribution in [3.63, 3.8) is 0 Å². The van der Waals surface area contributed by atoms with E-state index in [9.17, 15) is 8.42 Å². The molecule has 5 nitrogen and oxygen atoms in total. The molecule has 1 heterocycles. The van der Waals surface area contributed by atoms with Gasteiger partial charge in [0, 0.05) is 0 Å². The molecule has 2 rings (SSSR count). The highest BCUT2D eigenvalue weighted by Crippen LogP contribution is 2.12. The lowest BCUT2D eigenvalue weighted by molar-refractivity contribution is 0.475. The van der Waals surface area contributed by atoms with Crippen molar-refractivity contribution in [3.05, 3.63) is 59.0 Å². The van der Waals surface area contributed by atoms with Gasteiger partial charge in [0.25, 0.3) is 0 Å². The highest BCUT2D eigenvalue weighted by Gasteiger charge is 2.14. The second-order valence-electron chi connectivity index (χ2n) is 4.36. The van der Waals surface area contributed by atoms with Gasteiger partial charge in [0.1, 0.15) is 11.5 Å². The van der Waals surface area contributed by atoms with E-state index in [0.29, 0.717) is 16.9 Å². The van der Waals surface area contributed by atoms with Gasteiger partial charge in [-0.1, -0.05) is 18.2 Å². The second kappa shape index (κ2) is 5.90. The molecule has 0 atom stereocenters.